The minimum Gasteiger partial charge on any atom is -0.393 e. The van der Waals surface area contributed by atoms with E-state index in [4.69, 9.17) is 0 Å². The van der Waals surface area contributed by atoms with Crippen LogP contribution in [-0.2, 0) is 0 Å². The predicted molar refractivity (Wildman–Crippen MR) is 98.3 cm³/mol. The van der Waals surface area contributed by atoms with Gasteiger partial charge in [0.05, 0.1) is 12.2 Å². The molecule has 3 rings (SSSR count). The van der Waals surface area contributed by atoms with Crippen molar-refractivity contribution < 1.29 is 5.11 Å². The number of aliphatic hydroxyl groups is 1. The summed E-state index contributed by atoms with van der Waals surface area (Å²) < 4.78 is 0. The van der Waals surface area contributed by atoms with Gasteiger partial charge in [0.25, 0.3) is 0 Å². The Kier molecular flexibility index (Phi) is 5.60. The van der Waals surface area contributed by atoms with Crippen molar-refractivity contribution in [2.45, 2.75) is 103 Å². The summed E-state index contributed by atoms with van der Waals surface area (Å²) >= 11 is 0. The molecule has 2 unspecified atom stereocenters. The quantitative estimate of drug-likeness (QED) is 0.705. The van der Waals surface area contributed by atoms with E-state index in [9.17, 15) is 10.4 Å². The van der Waals surface area contributed by atoms with Crippen LogP contribution >= 0.6 is 0 Å². The molecule has 0 aromatic rings. The number of hydrogen-bond acceptors (Lipinski definition) is 2. The van der Waals surface area contributed by atoms with Crippen molar-refractivity contribution in [2.75, 3.05) is 0 Å². The largest absolute Gasteiger partial charge is 0.393 e. The van der Waals surface area contributed by atoms with Crippen LogP contribution in [0.4, 0.5) is 0 Å². The van der Waals surface area contributed by atoms with Crippen LogP contribution in [0, 0.1) is 39.9 Å². The van der Waals surface area contributed by atoms with E-state index in [-0.39, 0.29) is 6.10 Å². The van der Waals surface area contributed by atoms with Gasteiger partial charge in [0.15, 0.2) is 0 Å². The molecule has 3 aliphatic rings. The number of hydrogen-bond donors (Lipinski definition) is 1. The predicted octanol–water partition coefficient (Wildman–Crippen LogP) is 5.84. The van der Waals surface area contributed by atoms with E-state index in [2.05, 4.69) is 19.9 Å². The molecule has 3 fully saturated rings. The molecule has 0 amide bonds. The first-order valence-electron chi connectivity index (χ1n) is 10.5. The number of aliphatic hydroxyl groups excluding tert-OH is 1. The number of nitriles is 1. The van der Waals surface area contributed by atoms with Crippen LogP contribution in [0.25, 0.3) is 0 Å². The van der Waals surface area contributed by atoms with Crippen molar-refractivity contribution in [1.82, 2.24) is 0 Å². The lowest BCUT2D eigenvalue weighted by atomic mass is 9.52. The van der Waals surface area contributed by atoms with Crippen LogP contribution in [0.3, 0.4) is 0 Å². The van der Waals surface area contributed by atoms with Crippen LogP contribution in [0.5, 0.6) is 0 Å². The molecule has 0 aliphatic heterocycles. The molecular weight excluding hydrogens is 294 g/mol. The van der Waals surface area contributed by atoms with Gasteiger partial charge in [-0.1, -0.05) is 52.4 Å². The summed E-state index contributed by atoms with van der Waals surface area (Å²) in [7, 11) is 0. The third-order valence-electron chi connectivity index (χ3n) is 8.16. The second-order valence-corrected chi connectivity index (χ2v) is 9.83. The molecule has 0 heterocycles. The molecule has 0 spiro atoms. The molecule has 0 aromatic heterocycles. The van der Waals surface area contributed by atoms with Gasteiger partial charge in [-0.2, -0.15) is 5.26 Å². The minimum atomic E-state index is -0.147. The molecule has 0 bridgehead atoms. The summed E-state index contributed by atoms with van der Waals surface area (Å²) in [6, 6.07) is 2.44. The van der Waals surface area contributed by atoms with E-state index < -0.39 is 0 Å². The Balaban J connectivity index is 1.84. The second kappa shape index (κ2) is 7.36. The van der Waals surface area contributed by atoms with Gasteiger partial charge in [-0.3, -0.25) is 0 Å². The maximum absolute atomic E-state index is 11.5. The number of nitrogens with zero attached hydrogens (tertiary/aromatic N) is 1. The van der Waals surface area contributed by atoms with E-state index in [1.54, 1.807) is 0 Å². The molecule has 2 nitrogen and oxygen atoms in total. The molecule has 0 aromatic carbocycles. The zero-order valence-electron chi connectivity index (χ0n) is 15.9. The standard InChI is InChI=1S/C22H37NO/c1-21(10-5-3-6-11-21)18-15-17(9-14-23)16-19(20(18)24)22(2)12-7-4-8-13-22/h17-20,24H,3-13,15-16H2,1-2H3. The van der Waals surface area contributed by atoms with Crippen molar-refractivity contribution in [3.63, 3.8) is 0 Å². The highest BCUT2D eigenvalue weighted by Gasteiger charge is 2.51. The van der Waals surface area contributed by atoms with Gasteiger partial charge in [-0.05, 0) is 67.1 Å². The van der Waals surface area contributed by atoms with Gasteiger partial charge in [-0.15, -0.1) is 0 Å². The molecular formula is C22H37NO. The Morgan fingerprint density at radius 1 is 0.833 bits per heavy atom. The summed E-state index contributed by atoms with van der Waals surface area (Å²) in [5.41, 5.74) is 0.601. The number of rotatable bonds is 3. The van der Waals surface area contributed by atoms with Gasteiger partial charge in [0.2, 0.25) is 0 Å². The minimum absolute atomic E-state index is 0.147. The molecule has 24 heavy (non-hydrogen) atoms. The van der Waals surface area contributed by atoms with Gasteiger partial charge >= 0.3 is 0 Å². The van der Waals surface area contributed by atoms with Gasteiger partial charge < -0.3 is 5.11 Å². The van der Waals surface area contributed by atoms with Gasteiger partial charge in [0.1, 0.15) is 0 Å². The second-order valence-electron chi connectivity index (χ2n) is 9.83. The molecule has 136 valence electrons. The Bertz CT molecular complexity index is 419. The lowest BCUT2D eigenvalue weighted by Gasteiger charge is -2.54. The Morgan fingerprint density at radius 3 is 1.62 bits per heavy atom. The topological polar surface area (TPSA) is 44.0 Å². The normalized spacial score (nSPS) is 39.1. The van der Waals surface area contributed by atoms with Gasteiger partial charge in [0, 0.05) is 6.42 Å². The van der Waals surface area contributed by atoms with Crippen molar-refractivity contribution in [3.05, 3.63) is 0 Å². The van der Waals surface area contributed by atoms with E-state index in [0.29, 0.717) is 35.0 Å². The average molecular weight is 332 g/mol. The summed E-state index contributed by atoms with van der Waals surface area (Å²) in [4.78, 5) is 0. The monoisotopic (exact) mass is 331 g/mol. The van der Waals surface area contributed by atoms with E-state index in [0.717, 1.165) is 12.8 Å². The van der Waals surface area contributed by atoms with Crippen LogP contribution < -0.4 is 0 Å². The third-order valence-corrected chi connectivity index (χ3v) is 8.16. The maximum atomic E-state index is 11.5. The summed E-state index contributed by atoms with van der Waals surface area (Å²) in [5, 5.41) is 20.8. The Labute approximate surface area is 149 Å². The zero-order valence-corrected chi connectivity index (χ0v) is 15.9. The van der Waals surface area contributed by atoms with Crippen molar-refractivity contribution in [1.29, 1.82) is 5.26 Å². The van der Waals surface area contributed by atoms with Crippen LogP contribution in [-0.4, -0.2) is 11.2 Å². The fourth-order valence-electron chi connectivity index (χ4n) is 6.52. The highest BCUT2D eigenvalue weighted by Crippen LogP contribution is 2.56. The molecule has 3 aliphatic carbocycles. The fourth-order valence-corrected chi connectivity index (χ4v) is 6.52. The summed E-state index contributed by atoms with van der Waals surface area (Å²) in [5.74, 6) is 1.33. The van der Waals surface area contributed by atoms with Crippen LogP contribution in [0.15, 0.2) is 0 Å². The molecule has 3 saturated carbocycles. The molecule has 2 heteroatoms. The maximum Gasteiger partial charge on any atom is 0.0624 e. The molecule has 0 saturated heterocycles. The first-order valence-corrected chi connectivity index (χ1v) is 10.5. The zero-order chi connectivity index (χ0) is 17.2. The summed E-state index contributed by atoms with van der Waals surface area (Å²) in [6.45, 7) is 4.88. The van der Waals surface area contributed by atoms with Crippen molar-refractivity contribution in [2.24, 2.45) is 28.6 Å². The molecule has 0 radical (unpaired) electrons. The first-order chi connectivity index (χ1) is 11.5. The third kappa shape index (κ3) is 3.52. The van der Waals surface area contributed by atoms with E-state index >= 15 is 0 Å². The lowest BCUT2D eigenvalue weighted by Crippen LogP contribution is -2.51. The van der Waals surface area contributed by atoms with Gasteiger partial charge in [-0.25, -0.2) is 0 Å². The highest BCUT2D eigenvalue weighted by molar-refractivity contribution is 5.02. The van der Waals surface area contributed by atoms with Crippen molar-refractivity contribution in [3.8, 4) is 6.07 Å². The molecule has 2 atom stereocenters. The first kappa shape index (κ1) is 18.2. The highest BCUT2D eigenvalue weighted by atomic mass is 16.3. The Morgan fingerprint density at radius 2 is 1.25 bits per heavy atom. The molecule has 1 N–H and O–H groups in total. The average Bonchev–Trinajstić information content (AvgIpc) is 2.57. The summed E-state index contributed by atoms with van der Waals surface area (Å²) in [6.07, 6.45) is 15.8. The van der Waals surface area contributed by atoms with E-state index in [1.165, 1.54) is 64.2 Å². The van der Waals surface area contributed by atoms with E-state index in [1.807, 2.05) is 0 Å². The van der Waals surface area contributed by atoms with Crippen molar-refractivity contribution >= 4 is 0 Å². The van der Waals surface area contributed by atoms with Crippen LogP contribution in [0.2, 0.25) is 0 Å². The lowest BCUT2D eigenvalue weighted by molar-refractivity contribution is -0.114. The fraction of sp³-hybridized carbons (Fsp3) is 0.955. The van der Waals surface area contributed by atoms with Crippen LogP contribution in [0.1, 0.15) is 97.3 Å². The smallest absolute Gasteiger partial charge is 0.0624 e. The SMILES string of the molecule is CC1(C2CC(CC#N)CC(C3(C)CCCCC3)C2O)CCCCC1. The Hall–Kier alpha value is -0.550.